The minimum Gasteiger partial charge on any atom is -0.348 e. The van der Waals surface area contributed by atoms with Gasteiger partial charge in [-0.05, 0) is 45.0 Å². The van der Waals surface area contributed by atoms with E-state index in [0.717, 1.165) is 6.54 Å². The van der Waals surface area contributed by atoms with Gasteiger partial charge in [-0.15, -0.1) is 0 Å². The predicted molar refractivity (Wildman–Crippen MR) is 63.4 cm³/mol. The molecule has 2 heteroatoms. The molecule has 15 heavy (non-hydrogen) atoms. The van der Waals surface area contributed by atoms with Crippen molar-refractivity contribution >= 4 is 10.8 Å². The summed E-state index contributed by atoms with van der Waals surface area (Å²) in [4.78, 5) is 11.2. The Morgan fingerprint density at radius 1 is 1.00 bits per heavy atom. The highest BCUT2D eigenvalue weighted by atomic mass is 16.1. The quantitative estimate of drug-likeness (QED) is 0.695. The summed E-state index contributed by atoms with van der Waals surface area (Å²) in [6.45, 7) is 7.31. The molecule has 0 spiro atoms. The van der Waals surface area contributed by atoms with Crippen molar-refractivity contribution in [3.63, 3.8) is 0 Å². The molecule has 0 unspecified atom stereocenters. The van der Waals surface area contributed by atoms with Crippen molar-refractivity contribution < 1.29 is 0 Å². The van der Waals surface area contributed by atoms with Gasteiger partial charge in [0, 0.05) is 28.7 Å². The van der Waals surface area contributed by atoms with Gasteiger partial charge >= 0.3 is 0 Å². The first kappa shape index (κ1) is 9.97. The van der Waals surface area contributed by atoms with Gasteiger partial charge in [-0.1, -0.05) is 0 Å². The van der Waals surface area contributed by atoms with Crippen molar-refractivity contribution in [1.82, 2.24) is 4.57 Å². The maximum absolute atomic E-state index is 11.2. The van der Waals surface area contributed by atoms with Crippen LogP contribution in [0.3, 0.4) is 0 Å². The highest BCUT2D eigenvalue weighted by molar-refractivity contribution is 5.87. The van der Waals surface area contributed by atoms with Gasteiger partial charge in [-0.2, -0.15) is 0 Å². The minimum absolute atomic E-state index is 0.0630. The van der Waals surface area contributed by atoms with Gasteiger partial charge in [0.05, 0.1) is 0 Å². The molecular formula is C13H15NO. The van der Waals surface area contributed by atoms with E-state index in [-0.39, 0.29) is 5.43 Å². The molecule has 0 bridgehead atoms. The fourth-order valence-electron chi connectivity index (χ4n) is 2.21. The lowest BCUT2D eigenvalue weighted by Gasteiger charge is -2.03. The maximum Gasteiger partial charge on any atom is 0.178 e. The summed E-state index contributed by atoms with van der Waals surface area (Å²) >= 11 is 0. The van der Waals surface area contributed by atoms with Gasteiger partial charge in [0.2, 0.25) is 0 Å². The molecule has 0 aliphatic rings. The second-order valence-electron chi connectivity index (χ2n) is 3.81. The van der Waals surface area contributed by atoms with E-state index in [1.165, 1.54) is 22.2 Å². The molecule has 2 aromatic rings. The van der Waals surface area contributed by atoms with Gasteiger partial charge in [-0.3, -0.25) is 4.79 Å². The van der Waals surface area contributed by atoms with Gasteiger partial charge < -0.3 is 4.57 Å². The van der Waals surface area contributed by atoms with E-state index in [4.69, 9.17) is 0 Å². The van der Waals surface area contributed by atoms with E-state index < -0.39 is 0 Å². The smallest absolute Gasteiger partial charge is 0.178 e. The van der Waals surface area contributed by atoms with Crippen LogP contribution in [-0.2, 0) is 6.54 Å². The third-order valence-electron chi connectivity index (χ3n) is 3.02. The molecule has 78 valence electrons. The maximum atomic E-state index is 11.2. The zero-order valence-corrected chi connectivity index (χ0v) is 9.37. The number of aryl methyl sites for hydroxylation is 2. The SMILES string of the molecule is CCn1c(C)c2ccc(=O)ccc2c1C. The molecule has 1 aromatic carbocycles. The standard InChI is InChI=1S/C13H15NO/c1-4-14-9(2)12-7-5-11(15)6-8-13(12)10(14)3/h5-8H,4H2,1-3H3. The molecule has 0 saturated carbocycles. The number of hydrogen-bond acceptors (Lipinski definition) is 1. The second kappa shape index (κ2) is 3.54. The number of fused-ring (bicyclic) bond motifs is 1. The molecule has 0 aliphatic carbocycles. The van der Waals surface area contributed by atoms with E-state index in [0.29, 0.717) is 0 Å². The van der Waals surface area contributed by atoms with Crippen LogP contribution in [0.15, 0.2) is 29.1 Å². The monoisotopic (exact) mass is 201 g/mol. The summed E-state index contributed by atoms with van der Waals surface area (Å²) in [6.07, 6.45) is 0. The van der Waals surface area contributed by atoms with Crippen LogP contribution in [0.25, 0.3) is 10.8 Å². The van der Waals surface area contributed by atoms with Crippen LogP contribution in [0, 0.1) is 13.8 Å². The summed E-state index contributed by atoms with van der Waals surface area (Å²) in [5.74, 6) is 0. The normalized spacial score (nSPS) is 10.9. The Kier molecular flexibility index (Phi) is 2.35. The summed E-state index contributed by atoms with van der Waals surface area (Å²) in [5, 5.41) is 2.35. The Balaban J connectivity index is 2.95. The third kappa shape index (κ3) is 1.46. The van der Waals surface area contributed by atoms with E-state index in [1.54, 1.807) is 12.1 Å². The van der Waals surface area contributed by atoms with Gasteiger partial charge in [0.15, 0.2) is 5.43 Å². The molecule has 0 saturated heterocycles. The highest BCUT2D eigenvalue weighted by Crippen LogP contribution is 2.23. The van der Waals surface area contributed by atoms with Gasteiger partial charge in [0.25, 0.3) is 0 Å². The van der Waals surface area contributed by atoms with Crippen molar-refractivity contribution in [3.05, 3.63) is 45.9 Å². The lowest BCUT2D eigenvalue weighted by Crippen LogP contribution is -1.98. The Bertz CT molecular complexity index is 521. The second-order valence-corrected chi connectivity index (χ2v) is 3.81. The van der Waals surface area contributed by atoms with Gasteiger partial charge in [-0.25, -0.2) is 0 Å². The number of aromatic nitrogens is 1. The predicted octanol–water partition coefficient (Wildman–Crippen LogP) is 2.64. The largest absolute Gasteiger partial charge is 0.348 e. The van der Waals surface area contributed by atoms with Crippen LogP contribution in [-0.4, -0.2) is 4.57 Å². The molecule has 0 amide bonds. The Hall–Kier alpha value is -1.57. The van der Waals surface area contributed by atoms with Crippen molar-refractivity contribution in [2.24, 2.45) is 0 Å². The topological polar surface area (TPSA) is 22.0 Å². The average molecular weight is 201 g/mol. The van der Waals surface area contributed by atoms with Crippen LogP contribution in [0.4, 0.5) is 0 Å². The van der Waals surface area contributed by atoms with Crippen LogP contribution < -0.4 is 5.43 Å². The van der Waals surface area contributed by atoms with E-state index in [1.807, 2.05) is 12.1 Å². The zero-order chi connectivity index (χ0) is 11.0. The molecule has 0 atom stereocenters. The Morgan fingerprint density at radius 2 is 1.47 bits per heavy atom. The molecule has 0 radical (unpaired) electrons. The molecule has 1 heterocycles. The van der Waals surface area contributed by atoms with E-state index >= 15 is 0 Å². The van der Waals surface area contributed by atoms with Crippen LogP contribution in [0.5, 0.6) is 0 Å². The fourth-order valence-corrected chi connectivity index (χ4v) is 2.21. The first-order chi connectivity index (χ1) is 7.15. The molecule has 0 aliphatic heterocycles. The molecular weight excluding hydrogens is 186 g/mol. The molecule has 0 N–H and O–H groups in total. The summed E-state index contributed by atoms with van der Waals surface area (Å²) in [5.41, 5.74) is 2.54. The third-order valence-corrected chi connectivity index (χ3v) is 3.02. The first-order valence-corrected chi connectivity index (χ1v) is 5.25. The lowest BCUT2D eigenvalue weighted by atomic mass is 10.2. The van der Waals surface area contributed by atoms with E-state index in [2.05, 4.69) is 25.3 Å². The van der Waals surface area contributed by atoms with Crippen molar-refractivity contribution in [1.29, 1.82) is 0 Å². The summed E-state index contributed by atoms with van der Waals surface area (Å²) < 4.78 is 2.27. The van der Waals surface area contributed by atoms with Crippen molar-refractivity contribution in [3.8, 4) is 0 Å². The molecule has 0 fully saturated rings. The fraction of sp³-hybridized carbons (Fsp3) is 0.308. The van der Waals surface area contributed by atoms with Crippen LogP contribution in [0.1, 0.15) is 18.3 Å². The molecule has 2 rings (SSSR count). The molecule has 1 aromatic heterocycles. The minimum atomic E-state index is 0.0630. The number of rotatable bonds is 1. The van der Waals surface area contributed by atoms with E-state index in [9.17, 15) is 4.79 Å². The van der Waals surface area contributed by atoms with Crippen LogP contribution >= 0.6 is 0 Å². The number of nitrogens with zero attached hydrogens (tertiary/aromatic N) is 1. The van der Waals surface area contributed by atoms with Crippen molar-refractivity contribution in [2.75, 3.05) is 0 Å². The Labute approximate surface area is 89.2 Å². The van der Waals surface area contributed by atoms with Crippen molar-refractivity contribution in [2.45, 2.75) is 27.3 Å². The van der Waals surface area contributed by atoms with Gasteiger partial charge in [0.1, 0.15) is 0 Å². The highest BCUT2D eigenvalue weighted by Gasteiger charge is 2.07. The lowest BCUT2D eigenvalue weighted by molar-refractivity contribution is 0.723. The first-order valence-electron chi connectivity index (χ1n) is 5.25. The number of hydrogen-bond donors (Lipinski definition) is 0. The zero-order valence-electron chi connectivity index (χ0n) is 9.37. The Morgan fingerprint density at radius 3 is 1.87 bits per heavy atom. The van der Waals surface area contributed by atoms with Crippen LogP contribution in [0.2, 0.25) is 0 Å². The summed E-state index contributed by atoms with van der Waals surface area (Å²) in [6, 6.07) is 7.11. The molecule has 2 nitrogen and oxygen atoms in total. The average Bonchev–Trinajstić information content (AvgIpc) is 2.38. The summed E-state index contributed by atoms with van der Waals surface area (Å²) in [7, 11) is 0.